The van der Waals surface area contributed by atoms with Gasteiger partial charge in [0.1, 0.15) is 16.9 Å². The second-order valence-electron chi connectivity index (χ2n) is 8.18. The molecule has 0 bridgehead atoms. The minimum absolute atomic E-state index is 0.0195. The van der Waals surface area contributed by atoms with Crippen molar-refractivity contribution in [2.45, 2.75) is 52.3 Å². The number of fused-ring (bicyclic) bond motifs is 1. The van der Waals surface area contributed by atoms with Crippen LogP contribution in [0, 0.1) is 9.39 Å². The van der Waals surface area contributed by atoms with Gasteiger partial charge in [0.05, 0.1) is 4.47 Å². The SMILES string of the molecule is CC1CN(C(=O)OC(C)(C)C)[C@@H](C)CN1c1nc(Cl)nc2c(F)c(Br)c(I)cc12. The third-order valence-corrected chi connectivity index (χ3v) is 7.20. The summed E-state index contributed by atoms with van der Waals surface area (Å²) in [7, 11) is 0. The lowest BCUT2D eigenvalue weighted by molar-refractivity contribution is 0.0130. The Labute approximate surface area is 196 Å². The Morgan fingerprint density at radius 3 is 2.59 bits per heavy atom. The van der Waals surface area contributed by atoms with Crippen molar-refractivity contribution in [1.29, 1.82) is 0 Å². The summed E-state index contributed by atoms with van der Waals surface area (Å²) < 4.78 is 21.4. The maximum atomic E-state index is 14.8. The Bertz CT molecular complexity index is 972. The molecule has 29 heavy (non-hydrogen) atoms. The lowest BCUT2D eigenvalue weighted by atomic mass is 10.1. The van der Waals surface area contributed by atoms with Crippen LogP contribution in [0.1, 0.15) is 34.6 Å². The minimum atomic E-state index is -0.560. The average Bonchev–Trinajstić information content (AvgIpc) is 2.60. The Morgan fingerprint density at radius 1 is 1.31 bits per heavy atom. The average molecular weight is 600 g/mol. The zero-order valence-corrected chi connectivity index (χ0v) is 21.3. The smallest absolute Gasteiger partial charge is 0.410 e. The van der Waals surface area contributed by atoms with Crippen LogP contribution in [0.25, 0.3) is 10.9 Å². The van der Waals surface area contributed by atoms with E-state index in [0.717, 1.165) is 0 Å². The molecule has 1 aliphatic rings. The first-order valence-corrected chi connectivity index (χ1v) is 11.4. The molecule has 1 aromatic heterocycles. The van der Waals surface area contributed by atoms with Gasteiger partial charge in [0.2, 0.25) is 5.28 Å². The van der Waals surface area contributed by atoms with Crippen molar-refractivity contribution in [1.82, 2.24) is 14.9 Å². The molecule has 1 amide bonds. The van der Waals surface area contributed by atoms with Crippen molar-refractivity contribution in [2.24, 2.45) is 0 Å². The van der Waals surface area contributed by atoms with Gasteiger partial charge in [-0.3, -0.25) is 0 Å². The molecule has 0 spiro atoms. The van der Waals surface area contributed by atoms with E-state index >= 15 is 0 Å². The number of hydrogen-bond donors (Lipinski definition) is 0. The normalized spacial score (nSPS) is 20.3. The van der Waals surface area contributed by atoms with Crippen molar-refractivity contribution in [3.8, 4) is 0 Å². The summed E-state index contributed by atoms with van der Waals surface area (Å²) in [5, 5.41) is 0.568. The van der Waals surface area contributed by atoms with Crippen molar-refractivity contribution in [3.05, 3.63) is 25.2 Å². The topological polar surface area (TPSA) is 58.6 Å². The highest BCUT2D eigenvalue weighted by atomic mass is 127. The van der Waals surface area contributed by atoms with Gasteiger partial charge in [-0.1, -0.05) is 0 Å². The van der Waals surface area contributed by atoms with Crippen LogP contribution in [0.4, 0.5) is 15.0 Å². The molecule has 1 saturated heterocycles. The molecule has 1 fully saturated rings. The highest BCUT2D eigenvalue weighted by Gasteiger charge is 2.36. The van der Waals surface area contributed by atoms with E-state index in [4.69, 9.17) is 16.3 Å². The van der Waals surface area contributed by atoms with E-state index in [-0.39, 0.29) is 29.0 Å². The van der Waals surface area contributed by atoms with Gasteiger partial charge in [-0.15, -0.1) is 0 Å². The molecule has 1 aromatic carbocycles. The molecular weight excluding hydrogens is 577 g/mol. The first kappa shape index (κ1) is 22.7. The summed E-state index contributed by atoms with van der Waals surface area (Å²) in [6.07, 6.45) is -0.341. The van der Waals surface area contributed by atoms with Gasteiger partial charge in [-0.2, -0.15) is 4.98 Å². The lowest BCUT2D eigenvalue weighted by Crippen LogP contribution is -2.59. The summed E-state index contributed by atoms with van der Waals surface area (Å²) in [5.74, 6) is 0.0954. The molecule has 2 atom stereocenters. The highest BCUT2D eigenvalue weighted by molar-refractivity contribution is 14.1. The van der Waals surface area contributed by atoms with Gasteiger partial charge < -0.3 is 14.5 Å². The molecule has 1 unspecified atom stereocenters. The Balaban J connectivity index is 1.98. The first-order chi connectivity index (χ1) is 13.4. The van der Waals surface area contributed by atoms with Crippen molar-refractivity contribution >= 4 is 72.9 Å². The number of hydrogen-bond acceptors (Lipinski definition) is 5. The fraction of sp³-hybridized carbons (Fsp3) is 0.526. The first-order valence-electron chi connectivity index (χ1n) is 9.16. The van der Waals surface area contributed by atoms with E-state index in [1.165, 1.54) is 0 Å². The van der Waals surface area contributed by atoms with Gasteiger partial charge >= 0.3 is 6.09 Å². The lowest BCUT2D eigenvalue weighted by Gasteiger charge is -2.44. The van der Waals surface area contributed by atoms with Crippen LogP contribution in [0.2, 0.25) is 5.28 Å². The Morgan fingerprint density at radius 2 is 1.97 bits per heavy atom. The van der Waals surface area contributed by atoms with Crippen molar-refractivity contribution in [2.75, 3.05) is 18.0 Å². The second kappa shape index (κ2) is 8.30. The number of aromatic nitrogens is 2. The molecule has 10 heteroatoms. The van der Waals surface area contributed by atoms with E-state index in [1.54, 1.807) is 4.90 Å². The molecule has 1 aliphatic heterocycles. The van der Waals surface area contributed by atoms with Crippen LogP contribution >= 0.6 is 50.1 Å². The number of nitrogens with zero attached hydrogens (tertiary/aromatic N) is 4. The predicted molar refractivity (Wildman–Crippen MR) is 124 cm³/mol. The van der Waals surface area contributed by atoms with Crippen LogP contribution < -0.4 is 4.90 Å². The van der Waals surface area contributed by atoms with E-state index in [0.29, 0.717) is 32.3 Å². The summed E-state index contributed by atoms with van der Waals surface area (Å²) in [6.45, 7) is 10.4. The number of benzene rings is 1. The molecule has 0 radical (unpaired) electrons. The number of amides is 1. The summed E-state index contributed by atoms with van der Waals surface area (Å²) >= 11 is 11.4. The number of carbonyl (C=O) groups excluding carboxylic acids is 1. The van der Waals surface area contributed by atoms with Gasteiger partial charge in [-0.05, 0) is 90.8 Å². The number of piperazine rings is 1. The zero-order valence-electron chi connectivity index (χ0n) is 16.8. The minimum Gasteiger partial charge on any atom is -0.444 e. The van der Waals surface area contributed by atoms with Gasteiger partial charge in [-0.25, -0.2) is 14.2 Å². The number of rotatable bonds is 1. The Kier molecular flexibility index (Phi) is 6.51. The predicted octanol–water partition coefficient (Wildman–Crippen LogP) is 5.62. The maximum absolute atomic E-state index is 14.8. The molecule has 2 heterocycles. The number of carbonyl (C=O) groups is 1. The van der Waals surface area contributed by atoms with Gasteiger partial charge in [0.25, 0.3) is 0 Å². The van der Waals surface area contributed by atoms with Crippen LogP contribution in [0.15, 0.2) is 10.5 Å². The number of ether oxygens (including phenoxy) is 1. The van der Waals surface area contributed by atoms with Crippen molar-refractivity contribution in [3.63, 3.8) is 0 Å². The molecular formula is C19H22BrClFIN4O2. The number of halogens is 4. The molecule has 2 aromatic rings. The maximum Gasteiger partial charge on any atom is 0.410 e. The van der Waals surface area contributed by atoms with Gasteiger partial charge in [0.15, 0.2) is 5.82 Å². The summed E-state index contributed by atoms with van der Waals surface area (Å²) in [5.41, 5.74) is -0.392. The van der Waals surface area contributed by atoms with E-state index in [2.05, 4.69) is 48.5 Å². The fourth-order valence-electron chi connectivity index (χ4n) is 3.35. The molecule has 3 rings (SSSR count). The van der Waals surface area contributed by atoms with Gasteiger partial charge in [0, 0.05) is 34.1 Å². The quantitative estimate of drug-likeness (QED) is 0.242. The van der Waals surface area contributed by atoms with Crippen LogP contribution in [0.5, 0.6) is 0 Å². The van der Waals surface area contributed by atoms with Crippen LogP contribution in [0.3, 0.4) is 0 Å². The third kappa shape index (κ3) is 4.71. The standard InChI is InChI=1S/C19H22BrClFIN4O2/c1-9-8-27(18(28)29-19(3,4)5)10(2)7-26(9)16-11-6-12(23)13(20)14(22)15(11)24-17(21)25-16/h6,9-10H,7-8H2,1-5H3/t9?,10-/m0/s1. The zero-order chi connectivity index (χ0) is 21.7. The van der Waals surface area contributed by atoms with Crippen molar-refractivity contribution < 1.29 is 13.9 Å². The van der Waals surface area contributed by atoms with Crippen LogP contribution in [-0.4, -0.2) is 51.7 Å². The molecule has 158 valence electrons. The summed E-state index contributed by atoms with van der Waals surface area (Å²) in [4.78, 5) is 24.9. The molecule has 0 aliphatic carbocycles. The number of anilines is 1. The molecule has 0 saturated carbocycles. The monoisotopic (exact) mass is 598 g/mol. The van der Waals surface area contributed by atoms with Crippen LogP contribution in [-0.2, 0) is 4.74 Å². The third-order valence-electron chi connectivity index (χ3n) is 4.67. The Hall–Kier alpha value is -0.940. The molecule has 6 nitrogen and oxygen atoms in total. The second-order valence-corrected chi connectivity index (χ2v) is 10.5. The highest BCUT2D eigenvalue weighted by Crippen LogP contribution is 2.35. The van der Waals surface area contributed by atoms with E-state index < -0.39 is 11.4 Å². The largest absolute Gasteiger partial charge is 0.444 e. The molecule has 0 N–H and O–H groups in total. The summed E-state index contributed by atoms with van der Waals surface area (Å²) in [6, 6.07) is 1.65. The van der Waals surface area contributed by atoms with E-state index in [1.807, 2.05) is 45.6 Å². The van der Waals surface area contributed by atoms with E-state index in [9.17, 15) is 9.18 Å². The fourth-order valence-corrected chi connectivity index (χ4v) is 4.36.